The Hall–Kier alpha value is -0.900. The van der Waals surface area contributed by atoms with Gasteiger partial charge >= 0.3 is 0 Å². The number of pyridine rings is 1. The van der Waals surface area contributed by atoms with Crippen LogP contribution in [0, 0.1) is 0 Å². The normalized spacial score (nSPS) is 12.4. The highest BCUT2D eigenvalue weighted by atomic mass is 79.9. The first-order chi connectivity index (χ1) is 9.20. The van der Waals surface area contributed by atoms with Crippen LogP contribution in [0.15, 0.2) is 47.2 Å². The molecule has 0 amide bonds. The first kappa shape index (κ1) is 14.5. The first-order valence-electron chi connectivity index (χ1n) is 6.28. The molecule has 2 rings (SSSR count). The van der Waals surface area contributed by atoms with Crippen molar-refractivity contribution in [3.8, 4) is 0 Å². The van der Waals surface area contributed by atoms with Crippen molar-refractivity contribution in [2.75, 3.05) is 6.54 Å². The van der Waals surface area contributed by atoms with Gasteiger partial charge in [-0.25, -0.2) is 0 Å². The number of hydrogen-bond acceptors (Lipinski definition) is 2. The van der Waals surface area contributed by atoms with Gasteiger partial charge in [0.15, 0.2) is 0 Å². The van der Waals surface area contributed by atoms with E-state index in [1.165, 1.54) is 11.1 Å². The van der Waals surface area contributed by atoms with Gasteiger partial charge in [0.1, 0.15) is 0 Å². The van der Waals surface area contributed by atoms with Gasteiger partial charge in [0.2, 0.25) is 0 Å². The van der Waals surface area contributed by atoms with Crippen molar-refractivity contribution in [3.63, 3.8) is 0 Å². The van der Waals surface area contributed by atoms with Crippen molar-refractivity contribution < 1.29 is 0 Å². The minimum atomic E-state index is 0.262. The van der Waals surface area contributed by atoms with E-state index in [4.69, 9.17) is 11.6 Å². The van der Waals surface area contributed by atoms with Crippen LogP contribution in [0.3, 0.4) is 0 Å². The molecular formula is C15H16BrClN2. The van der Waals surface area contributed by atoms with Gasteiger partial charge in [0.05, 0.1) is 5.02 Å². The highest BCUT2D eigenvalue weighted by molar-refractivity contribution is 9.10. The molecule has 0 fully saturated rings. The summed E-state index contributed by atoms with van der Waals surface area (Å²) in [5.41, 5.74) is 2.46. The van der Waals surface area contributed by atoms with E-state index in [1.807, 2.05) is 36.7 Å². The topological polar surface area (TPSA) is 24.9 Å². The van der Waals surface area contributed by atoms with E-state index in [2.05, 4.69) is 39.2 Å². The van der Waals surface area contributed by atoms with Gasteiger partial charge in [-0.15, -0.1) is 0 Å². The van der Waals surface area contributed by atoms with E-state index in [-0.39, 0.29) is 6.04 Å². The lowest BCUT2D eigenvalue weighted by molar-refractivity contribution is 0.549. The second-order valence-electron chi connectivity index (χ2n) is 4.34. The molecule has 0 bridgehead atoms. The third kappa shape index (κ3) is 4.03. The number of nitrogens with zero attached hydrogens (tertiary/aromatic N) is 1. The largest absolute Gasteiger partial charge is 0.310 e. The van der Waals surface area contributed by atoms with Crippen LogP contribution in [-0.4, -0.2) is 11.5 Å². The van der Waals surface area contributed by atoms with Crippen LogP contribution >= 0.6 is 27.5 Å². The summed E-state index contributed by atoms with van der Waals surface area (Å²) in [4.78, 5) is 4.05. The fourth-order valence-corrected chi connectivity index (χ4v) is 2.47. The zero-order chi connectivity index (χ0) is 13.7. The molecule has 1 heterocycles. The van der Waals surface area contributed by atoms with Gasteiger partial charge in [-0.2, -0.15) is 0 Å². The molecule has 0 aliphatic rings. The Kier molecular flexibility index (Phi) is 5.37. The van der Waals surface area contributed by atoms with Gasteiger partial charge in [-0.05, 0) is 64.3 Å². The lowest BCUT2D eigenvalue weighted by Gasteiger charge is -2.19. The van der Waals surface area contributed by atoms with E-state index in [0.717, 1.165) is 22.5 Å². The summed E-state index contributed by atoms with van der Waals surface area (Å²) in [6, 6.07) is 10.5. The summed E-state index contributed by atoms with van der Waals surface area (Å²) < 4.78 is 0.928. The summed E-state index contributed by atoms with van der Waals surface area (Å²) >= 11 is 9.60. The molecule has 0 aliphatic heterocycles. The minimum Gasteiger partial charge on any atom is -0.310 e. The number of halogens is 2. The third-order valence-electron chi connectivity index (χ3n) is 2.99. The molecule has 1 atom stereocenters. The maximum atomic E-state index is 6.18. The van der Waals surface area contributed by atoms with Crippen LogP contribution in [0.5, 0.6) is 0 Å². The Morgan fingerprint density at radius 2 is 2.00 bits per heavy atom. The number of benzene rings is 1. The van der Waals surface area contributed by atoms with Crippen molar-refractivity contribution in [2.24, 2.45) is 0 Å². The Morgan fingerprint density at radius 3 is 2.63 bits per heavy atom. The van der Waals surface area contributed by atoms with E-state index in [1.54, 1.807) is 0 Å². The fourth-order valence-electron chi connectivity index (χ4n) is 2.04. The first-order valence-corrected chi connectivity index (χ1v) is 7.45. The Bertz CT molecular complexity index is 531. The molecule has 0 radical (unpaired) electrons. The Balaban J connectivity index is 2.21. The maximum Gasteiger partial charge on any atom is 0.0551 e. The Labute approximate surface area is 127 Å². The molecule has 0 aliphatic carbocycles. The number of aromatic nitrogens is 1. The fraction of sp³-hybridized carbons (Fsp3) is 0.267. The monoisotopic (exact) mass is 338 g/mol. The van der Waals surface area contributed by atoms with Crippen LogP contribution in [0.4, 0.5) is 0 Å². The summed E-state index contributed by atoms with van der Waals surface area (Å²) in [6.45, 7) is 3.03. The van der Waals surface area contributed by atoms with Crippen molar-refractivity contribution in [3.05, 3.63) is 63.3 Å². The molecule has 4 heteroatoms. The van der Waals surface area contributed by atoms with Crippen molar-refractivity contribution in [2.45, 2.75) is 19.4 Å². The summed E-state index contributed by atoms with van der Waals surface area (Å²) in [6.07, 6.45) is 4.58. The number of hydrogen-bond donors (Lipinski definition) is 1. The lowest BCUT2D eigenvalue weighted by atomic mass is 9.99. The molecule has 100 valence electrons. The highest BCUT2D eigenvalue weighted by Gasteiger charge is 2.12. The molecule has 2 aromatic rings. The molecular weight excluding hydrogens is 324 g/mol. The van der Waals surface area contributed by atoms with Crippen LogP contribution in [0.2, 0.25) is 5.02 Å². The number of likely N-dealkylation sites (N-methyl/N-ethyl adjacent to an activating group) is 1. The molecule has 2 nitrogen and oxygen atoms in total. The molecule has 0 saturated heterocycles. The summed E-state index contributed by atoms with van der Waals surface area (Å²) in [5.74, 6) is 0. The molecule has 19 heavy (non-hydrogen) atoms. The van der Waals surface area contributed by atoms with Crippen molar-refractivity contribution >= 4 is 27.5 Å². The molecule has 1 aromatic carbocycles. The van der Waals surface area contributed by atoms with Crippen molar-refractivity contribution in [1.82, 2.24) is 10.3 Å². The van der Waals surface area contributed by atoms with Crippen LogP contribution < -0.4 is 5.32 Å². The third-order valence-corrected chi connectivity index (χ3v) is 4.22. The summed E-state index contributed by atoms with van der Waals surface area (Å²) in [5, 5.41) is 4.25. The van der Waals surface area contributed by atoms with E-state index in [0.29, 0.717) is 0 Å². The van der Waals surface area contributed by atoms with E-state index >= 15 is 0 Å². The van der Waals surface area contributed by atoms with E-state index < -0.39 is 0 Å². The molecule has 1 N–H and O–H groups in total. The molecule has 1 aromatic heterocycles. The lowest BCUT2D eigenvalue weighted by Crippen LogP contribution is -2.23. The number of rotatable bonds is 5. The predicted molar refractivity (Wildman–Crippen MR) is 83.5 cm³/mol. The second-order valence-corrected chi connectivity index (χ2v) is 5.60. The second kappa shape index (κ2) is 7.04. The molecule has 0 saturated carbocycles. The average molecular weight is 340 g/mol. The zero-order valence-corrected chi connectivity index (χ0v) is 13.1. The van der Waals surface area contributed by atoms with Gasteiger partial charge in [0, 0.05) is 22.9 Å². The quantitative estimate of drug-likeness (QED) is 0.874. The Morgan fingerprint density at radius 1 is 1.26 bits per heavy atom. The van der Waals surface area contributed by atoms with Crippen LogP contribution in [0.1, 0.15) is 24.1 Å². The van der Waals surface area contributed by atoms with Crippen molar-refractivity contribution in [1.29, 1.82) is 0 Å². The SMILES string of the molecule is CCNC(Cc1ccncc1)c1ccc(Br)c(Cl)c1. The smallest absolute Gasteiger partial charge is 0.0551 e. The molecule has 1 unspecified atom stereocenters. The van der Waals surface area contributed by atoms with Gasteiger partial charge < -0.3 is 5.32 Å². The van der Waals surface area contributed by atoms with Gasteiger partial charge in [-0.3, -0.25) is 4.98 Å². The highest BCUT2D eigenvalue weighted by Crippen LogP contribution is 2.27. The maximum absolute atomic E-state index is 6.18. The predicted octanol–water partition coefficient (Wildman–Crippen LogP) is 4.39. The van der Waals surface area contributed by atoms with Crippen LogP contribution in [0.25, 0.3) is 0 Å². The minimum absolute atomic E-state index is 0.262. The van der Waals surface area contributed by atoms with Gasteiger partial charge in [-0.1, -0.05) is 24.6 Å². The van der Waals surface area contributed by atoms with Crippen LogP contribution in [-0.2, 0) is 6.42 Å². The molecule has 0 spiro atoms. The standard InChI is InChI=1S/C15H16BrClN2/c1-2-19-15(9-11-5-7-18-8-6-11)12-3-4-13(16)14(17)10-12/h3-8,10,15,19H,2,9H2,1H3. The average Bonchev–Trinajstić information content (AvgIpc) is 2.43. The summed E-state index contributed by atoms with van der Waals surface area (Å²) in [7, 11) is 0. The van der Waals surface area contributed by atoms with E-state index in [9.17, 15) is 0 Å². The zero-order valence-electron chi connectivity index (χ0n) is 10.7. The number of nitrogens with one attached hydrogen (secondary N) is 1. The van der Waals surface area contributed by atoms with Gasteiger partial charge in [0.25, 0.3) is 0 Å².